The summed E-state index contributed by atoms with van der Waals surface area (Å²) in [6.07, 6.45) is 0.637. The zero-order valence-corrected chi connectivity index (χ0v) is 8.56. The Morgan fingerprint density at radius 1 is 1.33 bits per heavy atom. The highest BCUT2D eigenvalue weighted by molar-refractivity contribution is 6.00. The average Bonchev–Trinajstić information content (AvgIpc) is 2.17. The zero-order valence-electron chi connectivity index (χ0n) is 8.56. The van der Waals surface area contributed by atoms with Gasteiger partial charge in [0.2, 0.25) is 0 Å². The molecular weight excluding hydrogens is 150 g/mol. The Kier molecular flexibility index (Phi) is 2.13. The molecule has 0 saturated carbocycles. The van der Waals surface area contributed by atoms with Gasteiger partial charge in [-0.15, -0.1) is 0 Å². The lowest BCUT2D eigenvalue weighted by atomic mass is 9.93. The molecule has 0 aliphatic heterocycles. The Morgan fingerprint density at radius 3 is 2.00 bits per heavy atom. The number of carbonyl (C=O) groups is 1. The van der Waals surface area contributed by atoms with Crippen molar-refractivity contribution < 1.29 is 4.79 Å². The van der Waals surface area contributed by atoms with Gasteiger partial charge in [-0.25, -0.2) is 0 Å². The van der Waals surface area contributed by atoms with Gasteiger partial charge in [0, 0.05) is 12.0 Å². The molecule has 1 unspecified atom stereocenters. The smallest absolute Gasteiger partial charge is 0.160 e. The lowest BCUT2D eigenvalue weighted by molar-refractivity contribution is -0.116. The van der Waals surface area contributed by atoms with E-state index in [1.807, 2.05) is 21.0 Å². The van der Waals surface area contributed by atoms with Gasteiger partial charge in [0.25, 0.3) is 0 Å². The molecule has 0 aromatic carbocycles. The second-order valence-electron chi connectivity index (χ2n) is 4.02. The summed E-state index contributed by atoms with van der Waals surface area (Å²) in [5, 5.41) is 0. The van der Waals surface area contributed by atoms with Crippen LogP contribution >= 0.6 is 0 Å². The number of ketones is 1. The van der Waals surface area contributed by atoms with Crippen molar-refractivity contribution in [1.29, 1.82) is 0 Å². The van der Waals surface area contributed by atoms with Crippen LogP contribution in [0.5, 0.6) is 0 Å². The lowest BCUT2D eigenvalue weighted by Gasteiger charge is -2.33. The molecule has 1 rings (SSSR count). The number of hydrogen-bond acceptors (Lipinski definition) is 2. The minimum Gasteiger partial charge on any atom is -0.300 e. The number of hydrogen-bond donors (Lipinski definition) is 0. The molecular formula is C10H17NO. The first-order chi connectivity index (χ1) is 5.39. The minimum atomic E-state index is -0.0405. The van der Waals surface area contributed by atoms with Crippen molar-refractivity contribution in [3.8, 4) is 0 Å². The zero-order chi connectivity index (χ0) is 9.52. The summed E-state index contributed by atoms with van der Waals surface area (Å²) >= 11 is 0. The van der Waals surface area contributed by atoms with Gasteiger partial charge in [0.15, 0.2) is 5.78 Å². The van der Waals surface area contributed by atoms with Crippen LogP contribution < -0.4 is 0 Å². The van der Waals surface area contributed by atoms with Crippen molar-refractivity contribution in [2.75, 3.05) is 14.1 Å². The van der Waals surface area contributed by atoms with Crippen molar-refractivity contribution in [3.05, 3.63) is 11.1 Å². The average molecular weight is 167 g/mol. The second-order valence-corrected chi connectivity index (χ2v) is 4.02. The molecule has 1 aliphatic carbocycles. The molecule has 68 valence electrons. The van der Waals surface area contributed by atoms with Crippen LogP contribution in [0, 0.1) is 0 Å². The van der Waals surface area contributed by atoms with E-state index in [0.29, 0.717) is 12.2 Å². The molecule has 0 heterocycles. The molecule has 1 atom stereocenters. The van der Waals surface area contributed by atoms with Crippen molar-refractivity contribution in [1.82, 2.24) is 4.90 Å². The number of nitrogens with zero attached hydrogens (tertiary/aromatic N) is 1. The van der Waals surface area contributed by atoms with Crippen LogP contribution in [0.25, 0.3) is 0 Å². The molecule has 0 radical (unpaired) electrons. The first-order valence-corrected chi connectivity index (χ1v) is 4.28. The molecule has 2 nitrogen and oxygen atoms in total. The standard InChI is InChI=1S/C10H17NO/c1-7-8(2)10(3,11(4)5)6-9(7)12/h6H2,1-5H3. The predicted octanol–water partition coefficient (Wildman–Crippen LogP) is 1.62. The van der Waals surface area contributed by atoms with Crippen LogP contribution in [0.1, 0.15) is 27.2 Å². The number of likely N-dealkylation sites (N-methyl/N-ethyl adjacent to an activating group) is 1. The summed E-state index contributed by atoms with van der Waals surface area (Å²) in [6, 6.07) is 0. The number of allylic oxidation sites excluding steroid dienone is 1. The summed E-state index contributed by atoms with van der Waals surface area (Å²) in [5.74, 6) is 0.295. The van der Waals surface area contributed by atoms with Crippen LogP contribution in [0.2, 0.25) is 0 Å². The van der Waals surface area contributed by atoms with E-state index in [9.17, 15) is 4.79 Å². The molecule has 0 fully saturated rings. The van der Waals surface area contributed by atoms with Crippen LogP contribution in [0.3, 0.4) is 0 Å². The van der Waals surface area contributed by atoms with Gasteiger partial charge in [-0.05, 0) is 46.0 Å². The fraction of sp³-hybridized carbons (Fsp3) is 0.700. The highest BCUT2D eigenvalue weighted by Gasteiger charge is 2.39. The Balaban J connectivity index is 3.08. The van der Waals surface area contributed by atoms with Crippen LogP contribution in [0.15, 0.2) is 11.1 Å². The SMILES string of the molecule is CC1=C(C)C(C)(N(C)C)CC1=O. The monoisotopic (exact) mass is 167 g/mol. The van der Waals surface area contributed by atoms with Crippen LogP contribution in [0.4, 0.5) is 0 Å². The van der Waals surface area contributed by atoms with Gasteiger partial charge in [0.05, 0.1) is 0 Å². The first-order valence-electron chi connectivity index (χ1n) is 4.28. The van der Waals surface area contributed by atoms with E-state index < -0.39 is 0 Å². The number of carbonyl (C=O) groups excluding carboxylic acids is 1. The Hall–Kier alpha value is -0.630. The van der Waals surface area contributed by atoms with Gasteiger partial charge in [-0.1, -0.05) is 0 Å². The van der Waals surface area contributed by atoms with Gasteiger partial charge in [-0.2, -0.15) is 0 Å². The molecule has 0 aromatic heterocycles. The second kappa shape index (κ2) is 2.70. The van der Waals surface area contributed by atoms with E-state index in [4.69, 9.17) is 0 Å². The molecule has 0 spiro atoms. The number of rotatable bonds is 1. The first kappa shape index (κ1) is 9.46. The van der Waals surface area contributed by atoms with Crippen LogP contribution in [-0.4, -0.2) is 30.3 Å². The van der Waals surface area contributed by atoms with E-state index in [1.165, 1.54) is 5.57 Å². The Labute approximate surface area is 74.2 Å². The molecule has 0 saturated heterocycles. The molecule has 0 amide bonds. The summed E-state index contributed by atoms with van der Waals surface area (Å²) in [5.41, 5.74) is 2.13. The molecule has 0 N–H and O–H groups in total. The lowest BCUT2D eigenvalue weighted by Crippen LogP contribution is -2.40. The van der Waals surface area contributed by atoms with E-state index >= 15 is 0 Å². The van der Waals surface area contributed by atoms with Crippen molar-refractivity contribution in [2.24, 2.45) is 0 Å². The third-order valence-corrected chi connectivity index (χ3v) is 3.28. The largest absolute Gasteiger partial charge is 0.300 e. The summed E-state index contributed by atoms with van der Waals surface area (Å²) < 4.78 is 0. The highest BCUT2D eigenvalue weighted by atomic mass is 16.1. The van der Waals surface area contributed by atoms with Gasteiger partial charge < -0.3 is 0 Å². The predicted molar refractivity (Wildman–Crippen MR) is 50.1 cm³/mol. The van der Waals surface area contributed by atoms with Gasteiger partial charge in [0.1, 0.15) is 0 Å². The van der Waals surface area contributed by atoms with Crippen LogP contribution in [-0.2, 0) is 4.79 Å². The fourth-order valence-corrected chi connectivity index (χ4v) is 1.68. The Morgan fingerprint density at radius 2 is 1.83 bits per heavy atom. The molecule has 0 bridgehead atoms. The van der Waals surface area contributed by atoms with Gasteiger partial charge in [-0.3, -0.25) is 9.69 Å². The number of Topliss-reactive ketones (excluding diaryl/α,β-unsaturated/α-hetero) is 1. The van der Waals surface area contributed by atoms with Gasteiger partial charge >= 0.3 is 0 Å². The van der Waals surface area contributed by atoms with E-state index in [2.05, 4.69) is 18.7 Å². The molecule has 2 heteroatoms. The maximum atomic E-state index is 11.4. The highest BCUT2D eigenvalue weighted by Crippen LogP contribution is 2.35. The van der Waals surface area contributed by atoms with Crippen molar-refractivity contribution in [2.45, 2.75) is 32.7 Å². The van der Waals surface area contributed by atoms with E-state index in [-0.39, 0.29) is 5.54 Å². The maximum Gasteiger partial charge on any atom is 0.160 e. The van der Waals surface area contributed by atoms with Crippen molar-refractivity contribution in [3.63, 3.8) is 0 Å². The Bertz CT molecular complexity index is 253. The van der Waals surface area contributed by atoms with Crippen molar-refractivity contribution >= 4 is 5.78 Å². The summed E-state index contributed by atoms with van der Waals surface area (Å²) in [4.78, 5) is 13.5. The third-order valence-electron chi connectivity index (χ3n) is 3.28. The molecule has 12 heavy (non-hydrogen) atoms. The molecule has 1 aliphatic rings. The maximum absolute atomic E-state index is 11.4. The topological polar surface area (TPSA) is 20.3 Å². The third kappa shape index (κ3) is 1.11. The quantitative estimate of drug-likeness (QED) is 0.591. The summed E-state index contributed by atoms with van der Waals surface area (Å²) in [6.45, 7) is 6.10. The van der Waals surface area contributed by atoms with E-state index in [0.717, 1.165) is 5.57 Å². The fourth-order valence-electron chi connectivity index (χ4n) is 1.68. The molecule has 0 aromatic rings. The summed E-state index contributed by atoms with van der Waals surface area (Å²) in [7, 11) is 4.05. The normalized spacial score (nSPS) is 30.7. The van der Waals surface area contributed by atoms with E-state index in [1.54, 1.807) is 0 Å². The minimum absolute atomic E-state index is 0.0405.